The van der Waals surface area contributed by atoms with Crippen LogP contribution in [0.15, 0.2) is 23.1 Å². The highest BCUT2D eigenvalue weighted by Gasteiger charge is 2.31. The maximum atomic E-state index is 13.4. The Kier molecular flexibility index (Phi) is 2.90. The Morgan fingerprint density at radius 2 is 2.00 bits per heavy atom. The molecule has 1 N–H and O–H groups in total. The smallest absolute Gasteiger partial charge is 0.178 e. The van der Waals surface area contributed by atoms with Gasteiger partial charge in [-0.05, 0) is 49.4 Å². The number of hydrogen-bond acceptors (Lipinski definition) is 3. The van der Waals surface area contributed by atoms with Crippen LogP contribution in [-0.2, 0) is 9.84 Å². The summed E-state index contributed by atoms with van der Waals surface area (Å²) in [6.45, 7) is 0. The van der Waals surface area contributed by atoms with Gasteiger partial charge < -0.3 is 5.32 Å². The van der Waals surface area contributed by atoms with Crippen LogP contribution in [-0.4, -0.2) is 20.2 Å². The van der Waals surface area contributed by atoms with Crippen molar-refractivity contribution in [3.8, 4) is 0 Å². The van der Waals surface area contributed by atoms with Crippen LogP contribution >= 0.6 is 0 Å². The summed E-state index contributed by atoms with van der Waals surface area (Å²) >= 11 is 0. The largest absolute Gasteiger partial charge is 0.307 e. The molecule has 0 spiro atoms. The molecule has 1 saturated carbocycles. The fourth-order valence-electron chi connectivity index (χ4n) is 2.53. The molecule has 1 heterocycles. The second-order valence-corrected chi connectivity index (χ2v) is 7.21. The third kappa shape index (κ3) is 2.29. The van der Waals surface area contributed by atoms with E-state index in [0.29, 0.717) is 22.9 Å². The Hall–Kier alpha value is -0.940. The zero-order valence-electron chi connectivity index (χ0n) is 10.0. The molecule has 2 aliphatic rings. The highest BCUT2D eigenvalue weighted by Crippen LogP contribution is 2.34. The van der Waals surface area contributed by atoms with E-state index in [1.165, 1.54) is 18.2 Å². The standard InChI is InChI=1S/C13H16FNO2S/c14-9-3-6-13-11(8-9)12(15-10-4-5-10)2-1-7-18(13,16)17/h3,6,8,10,12,15H,1-2,4-5,7H2. The van der Waals surface area contributed by atoms with Gasteiger partial charge in [-0.15, -0.1) is 0 Å². The summed E-state index contributed by atoms with van der Waals surface area (Å²) in [5.74, 6) is -0.206. The van der Waals surface area contributed by atoms with Crippen molar-refractivity contribution in [3.63, 3.8) is 0 Å². The molecule has 5 heteroatoms. The lowest BCUT2D eigenvalue weighted by atomic mass is 10.0. The number of sulfone groups is 1. The highest BCUT2D eigenvalue weighted by molar-refractivity contribution is 7.91. The van der Waals surface area contributed by atoms with Crippen LogP contribution in [0, 0.1) is 5.82 Å². The van der Waals surface area contributed by atoms with Crippen LogP contribution in [0.5, 0.6) is 0 Å². The van der Waals surface area contributed by atoms with Crippen LogP contribution in [0.1, 0.15) is 37.3 Å². The maximum Gasteiger partial charge on any atom is 0.178 e. The molecule has 0 radical (unpaired) electrons. The van der Waals surface area contributed by atoms with Gasteiger partial charge in [-0.25, -0.2) is 12.8 Å². The van der Waals surface area contributed by atoms with E-state index in [1.54, 1.807) is 0 Å². The van der Waals surface area contributed by atoms with Crippen molar-refractivity contribution >= 4 is 9.84 Å². The Morgan fingerprint density at radius 1 is 1.22 bits per heavy atom. The number of benzene rings is 1. The average Bonchev–Trinajstić information content (AvgIpc) is 3.10. The van der Waals surface area contributed by atoms with Gasteiger partial charge in [0.2, 0.25) is 0 Å². The van der Waals surface area contributed by atoms with Gasteiger partial charge in [0, 0.05) is 12.1 Å². The Labute approximate surface area is 106 Å². The fraction of sp³-hybridized carbons (Fsp3) is 0.538. The van der Waals surface area contributed by atoms with E-state index in [2.05, 4.69) is 5.32 Å². The van der Waals surface area contributed by atoms with Crippen molar-refractivity contribution in [1.29, 1.82) is 0 Å². The topological polar surface area (TPSA) is 46.2 Å². The van der Waals surface area contributed by atoms with Crippen LogP contribution in [0.2, 0.25) is 0 Å². The van der Waals surface area contributed by atoms with Gasteiger partial charge in [0.05, 0.1) is 10.6 Å². The summed E-state index contributed by atoms with van der Waals surface area (Å²) in [5, 5.41) is 3.42. The predicted molar refractivity (Wildman–Crippen MR) is 66.6 cm³/mol. The molecule has 3 rings (SSSR count). The average molecular weight is 269 g/mol. The van der Waals surface area contributed by atoms with Gasteiger partial charge in [-0.1, -0.05) is 0 Å². The third-order valence-electron chi connectivity index (χ3n) is 3.60. The van der Waals surface area contributed by atoms with E-state index in [1.807, 2.05) is 0 Å². The Morgan fingerprint density at radius 3 is 2.72 bits per heavy atom. The monoisotopic (exact) mass is 269 g/mol. The molecule has 18 heavy (non-hydrogen) atoms. The molecular formula is C13H16FNO2S. The fourth-order valence-corrected chi connectivity index (χ4v) is 4.13. The molecule has 1 atom stereocenters. The molecule has 0 saturated heterocycles. The maximum absolute atomic E-state index is 13.4. The second kappa shape index (κ2) is 4.31. The molecule has 1 unspecified atom stereocenters. The van der Waals surface area contributed by atoms with Crippen molar-refractivity contribution < 1.29 is 12.8 Å². The molecule has 98 valence electrons. The minimum Gasteiger partial charge on any atom is -0.307 e. The first-order valence-electron chi connectivity index (χ1n) is 6.34. The lowest BCUT2D eigenvalue weighted by molar-refractivity contribution is 0.486. The van der Waals surface area contributed by atoms with Gasteiger partial charge in [0.1, 0.15) is 5.82 Å². The van der Waals surface area contributed by atoms with Crippen LogP contribution < -0.4 is 5.32 Å². The molecule has 0 amide bonds. The molecule has 1 aliphatic heterocycles. The molecule has 1 aliphatic carbocycles. The van der Waals surface area contributed by atoms with Crippen LogP contribution in [0.25, 0.3) is 0 Å². The zero-order valence-corrected chi connectivity index (χ0v) is 10.8. The number of hydrogen-bond donors (Lipinski definition) is 1. The van der Waals surface area contributed by atoms with Gasteiger partial charge >= 0.3 is 0 Å². The van der Waals surface area contributed by atoms with Crippen LogP contribution in [0.3, 0.4) is 0 Å². The molecule has 0 bridgehead atoms. The molecular weight excluding hydrogens is 253 g/mol. The molecule has 3 nitrogen and oxygen atoms in total. The summed E-state index contributed by atoms with van der Waals surface area (Å²) in [7, 11) is -3.25. The molecule has 1 fully saturated rings. The van der Waals surface area contributed by atoms with Gasteiger partial charge in [-0.2, -0.15) is 0 Å². The lowest BCUT2D eigenvalue weighted by Gasteiger charge is -2.18. The Balaban J connectivity index is 2.06. The zero-order chi connectivity index (χ0) is 12.8. The van der Waals surface area contributed by atoms with Crippen molar-refractivity contribution in [1.82, 2.24) is 5.32 Å². The minimum atomic E-state index is -3.25. The third-order valence-corrected chi connectivity index (χ3v) is 5.47. The summed E-state index contributed by atoms with van der Waals surface area (Å²) in [6.07, 6.45) is 3.65. The lowest BCUT2D eigenvalue weighted by Crippen LogP contribution is -2.23. The van der Waals surface area contributed by atoms with Gasteiger partial charge in [0.15, 0.2) is 9.84 Å². The van der Waals surface area contributed by atoms with E-state index in [-0.39, 0.29) is 17.6 Å². The first-order valence-corrected chi connectivity index (χ1v) is 8.00. The molecule has 1 aromatic carbocycles. The summed E-state index contributed by atoms with van der Waals surface area (Å²) in [6, 6.07) is 4.47. The predicted octanol–water partition coefficient (Wildman–Crippen LogP) is 2.19. The number of halogens is 1. The SMILES string of the molecule is O=S1(=O)CCCC(NC2CC2)c2cc(F)ccc21. The minimum absolute atomic E-state index is 0.0273. The molecule has 0 aromatic heterocycles. The van der Waals surface area contributed by atoms with Gasteiger partial charge in [0.25, 0.3) is 0 Å². The van der Waals surface area contributed by atoms with E-state index in [0.717, 1.165) is 19.3 Å². The van der Waals surface area contributed by atoms with E-state index >= 15 is 0 Å². The first kappa shape index (κ1) is 12.1. The quantitative estimate of drug-likeness (QED) is 0.837. The molecule has 1 aromatic rings. The van der Waals surface area contributed by atoms with Crippen molar-refractivity contribution in [2.75, 3.05) is 5.75 Å². The van der Waals surface area contributed by atoms with E-state index in [4.69, 9.17) is 0 Å². The number of rotatable bonds is 2. The van der Waals surface area contributed by atoms with E-state index in [9.17, 15) is 12.8 Å². The van der Waals surface area contributed by atoms with Crippen LogP contribution in [0.4, 0.5) is 4.39 Å². The summed E-state index contributed by atoms with van der Waals surface area (Å²) in [4.78, 5) is 0.305. The first-order chi connectivity index (χ1) is 8.56. The number of fused-ring (bicyclic) bond motifs is 1. The normalized spacial score (nSPS) is 26.4. The number of nitrogens with one attached hydrogen (secondary N) is 1. The van der Waals surface area contributed by atoms with Gasteiger partial charge in [-0.3, -0.25) is 0 Å². The second-order valence-electron chi connectivity index (χ2n) is 5.14. The van der Waals surface area contributed by atoms with Crippen molar-refractivity contribution in [3.05, 3.63) is 29.6 Å². The summed E-state index contributed by atoms with van der Waals surface area (Å²) < 4.78 is 37.6. The van der Waals surface area contributed by atoms with Crippen molar-refractivity contribution in [2.24, 2.45) is 0 Å². The van der Waals surface area contributed by atoms with E-state index < -0.39 is 9.84 Å². The highest BCUT2D eigenvalue weighted by atomic mass is 32.2. The Bertz CT molecular complexity index is 566. The summed E-state index contributed by atoms with van der Waals surface area (Å²) in [5.41, 5.74) is 0.611. The van der Waals surface area contributed by atoms with Crippen molar-refractivity contribution in [2.45, 2.75) is 42.7 Å².